The van der Waals surface area contributed by atoms with Gasteiger partial charge < -0.3 is 10.1 Å². The van der Waals surface area contributed by atoms with E-state index in [-0.39, 0.29) is 4.90 Å². The van der Waals surface area contributed by atoms with Crippen molar-refractivity contribution < 1.29 is 22.7 Å². The molecule has 1 aromatic heterocycles. The van der Waals surface area contributed by atoms with E-state index in [1.807, 2.05) is 12.1 Å². The van der Waals surface area contributed by atoms with E-state index in [4.69, 9.17) is 4.74 Å². The minimum atomic E-state index is -3.87. The summed E-state index contributed by atoms with van der Waals surface area (Å²) < 4.78 is 32.1. The Labute approximate surface area is 157 Å². The molecule has 0 radical (unpaired) electrons. The van der Waals surface area contributed by atoms with Gasteiger partial charge >= 0.3 is 5.97 Å². The van der Waals surface area contributed by atoms with Crippen molar-refractivity contribution in [1.82, 2.24) is 14.5 Å². The molecular weight excluding hydrogens is 372 g/mol. The molecule has 0 atom stereocenters. The van der Waals surface area contributed by atoms with Crippen LogP contribution in [-0.4, -0.2) is 43.2 Å². The van der Waals surface area contributed by atoms with Gasteiger partial charge in [0.25, 0.3) is 5.91 Å². The fourth-order valence-corrected chi connectivity index (χ4v) is 3.07. The van der Waals surface area contributed by atoms with E-state index in [0.717, 1.165) is 11.8 Å². The average Bonchev–Trinajstić information content (AvgIpc) is 3.06. The van der Waals surface area contributed by atoms with Crippen LogP contribution in [0.3, 0.4) is 0 Å². The molecule has 146 valence electrons. The van der Waals surface area contributed by atoms with Crippen molar-refractivity contribution in [2.45, 2.75) is 24.7 Å². The highest BCUT2D eigenvalue weighted by atomic mass is 32.2. The average molecular weight is 394 g/mol. The van der Waals surface area contributed by atoms with E-state index in [1.54, 1.807) is 19.2 Å². The monoisotopic (exact) mass is 394 g/mol. The summed E-state index contributed by atoms with van der Waals surface area (Å²) >= 11 is 0. The third kappa shape index (κ3) is 6.19. The van der Waals surface area contributed by atoms with Crippen molar-refractivity contribution in [3.63, 3.8) is 0 Å². The topological polar surface area (TPSA) is 119 Å². The molecular formula is C17H22N4O5S. The minimum Gasteiger partial charge on any atom is -0.455 e. The molecule has 2 N–H and O–H groups in total. The van der Waals surface area contributed by atoms with Gasteiger partial charge in [-0.3, -0.25) is 14.3 Å². The Morgan fingerprint density at radius 2 is 1.89 bits per heavy atom. The van der Waals surface area contributed by atoms with Crippen LogP contribution < -0.4 is 10.0 Å². The van der Waals surface area contributed by atoms with Gasteiger partial charge in [-0.1, -0.05) is 26.0 Å². The van der Waals surface area contributed by atoms with Crippen LogP contribution in [0.4, 0.5) is 5.69 Å². The lowest BCUT2D eigenvalue weighted by Gasteiger charge is -2.09. The lowest BCUT2D eigenvalue weighted by Crippen LogP contribution is -2.32. The third-order valence-electron chi connectivity index (χ3n) is 3.62. The summed E-state index contributed by atoms with van der Waals surface area (Å²) in [6.45, 7) is 3.03. The molecule has 0 unspecified atom stereocenters. The largest absolute Gasteiger partial charge is 0.455 e. The number of benzene rings is 1. The zero-order chi connectivity index (χ0) is 20.0. The lowest BCUT2D eigenvalue weighted by molar-refractivity contribution is -0.146. The summed E-state index contributed by atoms with van der Waals surface area (Å²) in [6.07, 6.45) is 2.46. The maximum absolute atomic E-state index is 12.0. The molecule has 10 heteroatoms. The summed E-state index contributed by atoms with van der Waals surface area (Å²) in [5.74, 6) is -1.00. The van der Waals surface area contributed by atoms with Gasteiger partial charge in [0, 0.05) is 18.9 Å². The number of esters is 1. The van der Waals surface area contributed by atoms with Crippen LogP contribution in [-0.2, 0) is 31.4 Å². The Morgan fingerprint density at radius 3 is 2.44 bits per heavy atom. The van der Waals surface area contributed by atoms with Crippen LogP contribution in [0.1, 0.15) is 25.3 Å². The number of anilines is 1. The number of carbonyl (C=O) groups is 2. The normalized spacial score (nSPS) is 11.4. The van der Waals surface area contributed by atoms with Gasteiger partial charge in [-0.05, 0) is 23.6 Å². The number of hydrogen-bond acceptors (Lipinski definition) is 6. The first-order valence-electron chi connectivity index (χ1n) is 8.21. The molecule has 27 heavy (non-hydrogen) atoms. The van der Waals surface area contributed by atoms with Gasteiger partial charge in [-0.25, -0.2) is 8.42 Å². The second-order valence-corrected chi connectivity index (χ2v) is 7.93. The number of aromatic nitrogens is 2. The summed E-state index contributed by atoms with van der Waals surface area (Å²) in [5, 5.41) is 6.35. The Balaban J connectivity index is 1.77. The van der Waals surface area contributed by atoms with Gasteiger partial charge in [-0.15, -0.1) is 0 Å². The molecule has 0 aliphatic rings. The lowest BCUT2D eigenvalue weighted by atomic mass is 10.0. The van der Waals surface area contributed by atoms with Crippen molar-refractivity contribution in [3.8, 4) is 0 Å². The molecule has 0 saturated carbocycles. The smallest absolute Gasteiger partial charge is 0.321 e. The molecule has 2 rings (SSSR count). The Bertz CT molecular complexity index is 904. The van der Waals surface area contributed by atoms with Crippen molar-refractivity contribution >= 4 is 27.6 Å². The molecule has 2 aromatic rings. The SMILES string of the molecule is CC(C)c1ccc(NC(=O)COC(=O)CNS(=O)(=O)c2cnn(C)c2)cc1. The van der Waals surface area contributed by atoms with Crippen molar-refractivity contribution in [1.29, 1.82) is 0 Å². The van der Waals surface area contributed by atoms with E-state index < -0.39 is 35.1 Å². The predicted octanol–water partition coefficient (Wildman–Crippen LogP) is 1.00. The first kappa shape index (κ1) is 20.6. The number of carbonyl (C=O) groups excluding carboxylic acids is 2. The number of hydrogen-bond donors (Lipinski definition) is 2. The van der Waals surface area contributed by atoms with Crippen LogP contribution in [0.2, 0.25) is 0 Å². The first-order chi connectivity index (χ1) is 12.7. The summed E-state index contributed by atoms with van der Waals surface area (Å²) in [5.41, 5.74) is 1.72. The number of sulfonamides is 1. The number of nitrogens with zero attached hydrogens (tertiary/aromatic N) is 2. The van der Waals surface area contributed by atoms with E-state index >= 15 is 0 Å². The van der Waals surface area contributed by atoms with Crippen molar-refractivity contribution in [2.75, 3.05) is 18.5 Å². The van der Waals surface area contributed by atoms with Crippen LogP contribution in [0.25, 0.3) is 0 Å². The van der Waals surface area contributed by atoms with E-state index in [9.17, 15) is 18.0 Å². The molecule has 0 aliphatic heterocycles. The number of nitrogens with one attached hydrogen (secondary N) is 2. The number of aryl methyl sites for hydroxylation is 1. The highest BCUT2D eigenvalue weighted by Crippen LogP contribution is 2.17. The molecule has 0 spiro atoms. The number of ether oxygens (including phenoxy) is 1. The van der Waals surface area contributed by atoms with Crippen LogP contribution >= 0.6 is 0 Å². The summed E-state index contributed by atoms with van der Waals surface area (Å²) in [6, 6.07) is 7.33. The van der Waals surface area contributed by atoms with Gasteiger partial charge in [-0.2, -0.15) is 9.82 Å². The van der Waals surface area contributed by atoms with E-state index in [2.05, 4.69) is 29.0 Å². The highest BCUT2D eigenvalue weighted by molar-refractivity contribution is 7.89. The van der Waals surface area contributed by atoms with E-state index in [1.165, 1.54) is 10.9 Å². The first-order valence-corrected chi connectivity index (χ1v) is 9.69. The molecule has 0 fully saturated rings. The molecule has 0 saturated heterocycles. The maximum atomic E-state index is 12.0. The third-order valence-corrected chi connectivity index (χ3v) is 4.98. The standard InChI is InChI=1S/C17H22N4O5S/c1-12(2)13-4-6-14(7-5-13)20-16(22)11-26-17(23)9-19-27(24,25)15-8-18-21(3)10-15/h4-8,10,12,19H,9,11H2,1-3H3,(H,20,22). The second-order valence-electron chi connectivity index (χ2n) is 6.16. The molecule has 9 nitrogen and oxygen atoms in total. The van der Waals surface area contributed by atoms with Crippen LogP contribution in [0, 0.1) is 0 Å². The number of rotatable bonds is 8. The Kier molecular flexibility index (Phi) is 6.70. The van der Waals surface area contributed by atoms with Crippen molar-refractivity contribution in [2.24, 2.45) is 7.05 Å². The molecule has 0 aliphatic carbocycles. The minimum absolute atomic E-state index is 0.0691. The van der Waals surface area contributed by atoms with Crippen LogP contribution in [0.15, 0.2) is 41.6 Å². The van der Waals surface area contributed by atoms with Gasteiger partial charge in [0.15, 0.2) is 6.61 Å². The molecule has 0 bridgehead atoms. The summed E-state index contributed by atoms with van der Waals surface area (Å²) in [7, 11) is -2.30. The molecule has 1 heterocycles. The Morgan fingerprint density at radius 1 is 1.22 bits per heavy atom. The zero-order valence-electron chi connectivity index (χ0n) is 15.3. The Hall–Kier alpha value is -2.72. The summed E-state index contributed by atoms with van der Waals surface area (Å²) in [4.78, 5) is 23.4. The molecule has 1 aromatic carbocycles. The van der Waals surface area contributed by atoms with Crippen LogP contribution in [0.5, 0.6) is 0 Å². The van der Waals surface area contributed by atoms with Gasteiger partial charge in [0.1, 0.15) is 11.4 Å². The maximum Gasteiger partial charge on any atom is 0.321 e. The fraction of sp³-hybridized carbons (Fsp3) is 0.353. The molecule has 1 amide bonds. The zero-order valence-corrected chi connectivity index (χ0v) is 16.1. The number of amides is 1. The van der Waals surface area contributed by atoms with Gasteiger partial charge in [0.2, 0.25) is 10.0 Å². The van der Waals surface area contributed by atoms with Crippen molar-refractivity contribution in [3.05, 3.63) is 42.2 Å². The predicted molar refractivity (Wildman–Crippen MR) is 98.5 cm³/mol. The quantitative estimate of drug-likeness (QED) is 0.645. The fourth-order valence-electron chi connectivity index (χ4n) is 2.12. The second kappa shape index (κ2) is 8.78. The highest BCUT2D eigenvalue weighted by Gasteiger charge is 2.18. The van der Waals surface area contributed by atoms with E-state index in [0.29, 0.717) is 11.6 Å². The van der Waals surface area contributed by atoms with Gasteiger partial charge in [0.05, 0.1) is 6.20 Å².